The second-order valence-corrected chi connectivity index (χ2v) is 9.57. The Hall–Kier alpha value is -2.38. The quantitative estimate of drug-likeness (QED) is 0.755. The number of rotatable bonds is 7. The zero-order valence-corrected chi connectivity index (χ0v) is 17.9. The summed E-state index contributed by atoms with van der Waals surface area (Å²) in [6.45, 7) is 2.53. The van der Waals surface area contributed by atoms with Gasteiger partial charge < -0.3 is 10.2 Å². The van der Waals surface area contributed by atoms with Gasteiger partial charge in [0.1, 0.15) is 6.04 Å². The highest BCUT2D eigenvalue weighted by Crippen LogP contribution is 2.23. The molecule has 1 heterocycles. The zero-order valence-electron chi connectivity index (χ0n) is 17.0. The number of carbonyl (C=O) groups is 1. The van der Waals surface area contributed by atoms with Gasteiger partial charge in [-0.2, -0.15) is 4.31 Å². The van der Waals surface area contributed by atoms with Gasteiger partial charge in [0.05, 0.1) is 6.26 Å². The van der Waals surface area contributed by atoms with E-state index in [-0.39, 0.29) is 5.91 Å². The van der Waals surface area contributed by atoms with Crippen LogP contribution in [0, 0.1) is 0 Å². The molecular formula is C22H29N3O3S. The molecule has 1 fully saturated rings. The number of nitrogens with zero attached hydrogens (tertiary/aromatic N) is 2. The molecule has 0 radical (unpaired) electrons. The molecule has 1 aliphatic heterocycles. The van der Waals surface area contributed by atoms with Crippen LogP contribution in [0.15, 0.2) is 54.6 Å². The third-order valence-electron chi connectivity index (χ3n) is 5.37. The first-order valence-corrected chi connectivity index (χ1v) is 11.8. The van der Waals surface area contributed by atoms with Crippen molar-refractivity contribution in [1.29, 1.82) is 0 Å². The van der Waals surface area contributed by atoms with Gasteiger partial charge in [0.25, 0.3) is 0 Å². The first-order chi connectivity index (χ1) is 13.9. The predicted octanol–water partition coefficient (Wildman–Crippen LogP) is 2.93. The fourth-order valence-electron chi connectivity index (χ4n) is 3.62. The molecule has 3 rings (SSSR count). The highest BCUT2D eigenvalue weighted by molar-refractivity contribution is 7.88. The molecule has 0 aliphatic carbocycles. The number of hydrogen-bond donors (Lipinski definition) is 1. The van der Waals surface area contributed by atoms with Crippen LogP contribution in [-0.2, 0) is 21.4 Å². The van der Waals surface area contributed by atoms with Crippen LogP contribution in [0.25, 0.3) is 0 Å². The van der Waals surface area contributed by atoms with E-state index in [1.807, 2.05) is 18.2 Å². The zero-order chi connectivity index (χ0) is 20.9. The van der Waals surface area contributed by atoms with Crippen LogP contribution in [0.3, 0.4) is 0 Å². The largest absolute Gasteiger partial charge is 0.372 e. The molecule has 156 valence electrons. The van der Waals surface area contributed by atoms with Crippen LogP contribution >= 0.6 is 0 Å². The second kappa shape index (κ2) is 9.41. The number of sulfonamides is 1. The lowest BCUT2D eigenvalue weighted by Gasteiger charge is -2.29. The Balaban J connectivity index is 1.68. The summed E-state index contributed by atoms with van der Waals surface area (Å²) in [4.78, 5) is 15.3. The van der Waals surface area contributed by atoms with Gasteiger partial charge in [0, 0.05) is 32.4 Å². The van der Waals surface area contributed by atoms with Gasteiger partial charge in [0.2, 0.25) is 15.9 Å². The number of piperidine rings is 1. The van der Waals surface area contributed by atoms with E-state index in [9.17, 15) is 13.2 Å². The fraction of sp³-hybridized carbons (Fsp3) is 0.409. The molecule has 29 heavy (non-hydrogen) atoms. The van der Waals surface area contributed by atoms with E-state index in [0.29, 0.717) is 12.1 Å². The minimum atomic E-state index is -3.53. The standard InChI is InChI=1S/C22H29N3O3S/c1-24(29(2,27)28)21(19-9-5-3-6-10-19)22(26)23-17-18-11-13-20(14-12-18)25-15-7-4-8-16-25/h3,5-6,9-14,21H,4,7-8,15-17H2,1-2H3,(H,23,26). The lowest BCUT2D eigenvalue weighted by Crippen LogP contribution is -2.41. The van der Waals surface area contributed by atoms with E-state index in [0.717, 1.165) is 29.2 Å². The first-order valence-electron chi connectivity index (χ1n) is 9.96. The molecule has 1 unspecified atom stereocenters. The molecule has 0 bridgehead atoms. The molecule has 1 aliphatic rings. The van der Waals surface area contributed by atoms with Gasteiger partial charge in [-0.25, -0.2) is 8.42 Å². The van der Waals surface area contributed by atoms with Crippen molar-refractivity contribution >= 4 is 21.6 Å². The predicted molar refractivity (Wildman–Crippen MR) is 116 cm³/mol. The molecule has 1 saturated heterocycles. The van der Waals surface area contributed by atoms with Crippen LogP contribution in [0.5, 0.6) is 0 Å². The number of nitrogens with one attached hydrogen (secondary N) is 1. The molecule has 0 saturated carbocycles. The minimum absolute atomic E-state index is 0.343. The average Bonchev–Trinajstić information content (AvgIpc) is 2.73. The van der Waals surface area contributed by atoms with E-state index in [4.69, 9.17) is 0 Å². The molecule has 2 aromatic carbocycles. The van der Waals surface area contributed by atoms with Crippen molar-refractivity contribution in [1.82, 2.24) is 9.62 Å². The maximum Gasteiger partial charge on any atom is 0.243 e. The summed E-state index contributed by atoms with van der Waals surface area (Å²) in [7, 11) is -2.10. The van der Waals surface area contributed by atoms with Gasteiger partial charge in [-0.3, -0.25) is 4.79 Å². The molecule has 6 nitrogen and oxygen atoms in total. The van der Waals surface area contributed by atoms with Crippen molar-refractivity contribution in [2.24, 2.45) is 0 Å². The summed E-state index contributed by atoms with van der Waals surface area (Å²) >= 11 is 0. The molecule has 0 spiro atoms. The summed E-state index contributed by atoms with van der Waals surface area (Å²) in [6, 6.07) is 16.3. The van der Waals surface area contributed by atoms with Crippen molar-refractivity contribution in [3.63, 3.8) is 0 Å². The highest BCUT2D eigenvalue weighted by Gasteiger charge is 2.30. The minimum Gasteiger partial charge on any atom is -0.372 e. The van der Waals surface area contributed by atoms with Gasteiger partial charge in [0.15, 0.2) is 0 Å². The van der Waals surface area contributed by atoms with E-state index in [1.54, 1.807) is 24.3 Å². The third-order valence-corrected chi connectivity index (χ3v) is 6.63. The summed E-state index contributed by atoms with van der Waals surface area (Å²) in [6.07, 6.45) is 4.86. The number of amides is 1. The molecule has 2 aromatic rings. The maximum atomic E-state index is 12.9. The first kappa shape index (κ1) is 21.3. The SMILES string of the molecule is CN(C(C(=O)NCc1ccc(N2CCCCC2)cc1)c1ccccc1)S(C)(=O)=O. The normalized spacial score (nSPS) is 15.9. The Kier molecular flexibility index (Phi) is 6.92. The summed E-state index contributed by atoms with van der Waals surface area (Å²) < 4.78 is 25.2. The smallest absolute Gasteiger partial charge is 0.243 e. The second-order valence-electron chi connectivity index (χ2n) is 7.52. The van der Waals surface area contributed by atoms with E-state index in [1.165, 1.54) is 32.0 Å². The third kappa shape index (κ3) is 5.58. The van der Waals surface area contributed by atoms with Crippen LogP contribution in [0.4, 0.5) is 5.69 Å². The number of carbonyl (C=O) groups excluding carboxylic acids is 1. The topological polar surface area (TPSA) is 69.7 Å². The number of likely N-dealkylation sites (N-methyl/N-ethyl adjacent to an activating group) is 1. The molecule has 1 atom stereocenters. The van der Waals surface area contributed by atoms with E-state index in [2.05, 4.69) is 22.3 Å². The molecule has 7 heteroatoms. The Morgan fingerprint density at radius 1 is 1.03 bits per heavy atom. The number of benzene rings is 2. The molecule has 0 aromatic heterocycles. The summed E-state index contributed by atoms with van der Waals surface area (Å²) in [5.74, 6) is -0.343. The monoisotopic (exact) mass is 415 g/mol. The average molecular weight is 416 g/mol. The van der Waals surface area contributed by atoms with E-state index >= 15 is 0 Å². The summed E-state index contributed by atoms with van der Waals surface area (Å²) in [5.41, 5.74) is 2.82. The highest BCUT2D eigenvalue weighted by atomic mass is 32.2. The van der Waals surface area contributed by atoms with Gasteiger partial charge in [-0.1, -0.05) is 42.5 Å². The molecule has 1 amide bonds. The number of anilines is 1. The van der Waals surface area contributed by atoms with Gasteiger partial charge in [-0.15, -0.1) is 0 Å². The van der Waals surface area contributed by atoms with Crippen molar-refractivity contribution in [3.05, 3.63) is 65.7 Å². The lowest BCUT2D eigenvalue weighted by atomic mass is 10.1. The van der Waals surface area contributed by atoms with Gasteiger partial charge in [-0.05, 0) is 42.5 Å². The van der Waals surface area contributed by atoms with Crippen LogP contribution in [0.1, 0.15) is 36.4 Å². The molecule has 1 N–H and O–H groups in total. The van der Waals surface area contributed by atoms with Crippen molar-refractivity contribution in [3.8, 4) is 0 Å². The van der Waals surface area contributed by atoms with Crippen LogP contribution in [0.2, 0.25) is 0 Å². The lowest BCUT2D eigenvalue weighted by molar-refractivity contribution is -0.124. The number of hydrogen-bond acceptors (Lipinski definition) is 4. The van der Waals surface area contributed by atoms with Crippen LogP contribution in [-0.4, -0.2) is 45.0 Å². The Bertz CT molecular complexity index is 908. The Labute approximate surface area is 173 Å². The van der Waals surface area contributed by atoms with Gasteiger partial charge >= 0.3 is 0 Å². The van der Waals surface area contributed by atoms with Crippen molar-refractivity contribution < 1.29 is 13.2 Å². The maximum absolute atomic E-state index is 12.9. The fourth-order valence-corrected chi connectivity index (χ4v) is 4.22. The Morgan fingerprint density at radius 3 is 2.24 bits per heavy atom. The Morgan fingerprint density at radius 2 is 1.66 bits per heavy atom. The molecular weight excluding hydrogens is 386 g/mol. The van der Waals surface area contributed by atoms with Crippen molar-refractivity contribution in [2.75, 3.05) is 31.3 Å². The van der Waals surface area contributed by atoms with E-state index < -0.39 is 16.1 Å². The summed E-state index contributed by atoms with van der Waals surface area (Å²) in [5, 5.41) is 2.89. The van der Waals surface area contributed by atoms with Crippen molar-refractivity contribution in [2.45, 2.75) is 31.8 Å². The van der Waals surface area contributed by atoms with Crippen LogP contribution < -0.4 is 10.2 Å².